The highest BCUT2D eigenvalue weighted by atomic mass is 32.2. The van der Waals surface area contributed by atoms with Crippen LogP contribution in [0.1, 0.15) is 33.0 Å². The van der Waals surface area contributed by atoms with Crippen molar-refractivity contribution in [1.29, 1.82) is 0 Å². The van der Waals surface area contributed by atoms with E-state index in [0.29, 0.717) is 0 Å². The van der Waals surface area contributed by atoms with Crippen molar-refractivity contribution in [3.63, 3.8) is 0 Å². The fourth-order valence-corrected chi connectivity index (χ4v) is 3.00. The SMILES string of the molecule is COC(=O)C(C)(CCSCc1ccco1)NC(C)C. The van der Waals surface area contributed by atoms with E-state index in [2.05, 4.69) is 5.32 Å². The number of hydrogen-bond donors (Lipinski definition) is 1. The van der Waals surface area contributed by atoms with Crippen molar-refractivity contribution < 1.29 is 13.9 Å². The van der Waals surface area contributed by atoms with Gasteiger partial charge >= 0.3 is 5.97 Å². The lowest BCUT2D eigenvalue weighted by Gasteiger charge is -2.30. The maximum atomic E-state index is 11.9. The van der Waals surface area contributed by atoms with Gasteiger partial charge in [-0.15, -0.1) is 0 Å². The van der Waals surface area contributed by atoms with Gasteiger partial charge in [0.25, 0.3) is 0 Å². The lowest BCUT2D eigenvalue weighted by Crippen LogP contribution is -2.53. The molecule has 4 nitrogen and oxygen atoms in total. The molecule has 0 saturated heterocycles. The molecule has 0 aromatic carbocycles. The Morgan fingerprint density at radius 2 is 2.32 bits per heavy atom. The molecule has 0 aliphatic carbocycles. The number of methoxy groups -OCH3 is 1. The Labute approximate surface area is 119 Å². The molecule has 0 saturated carbocycles. The van der Waals surface area contributed by atoms with Crippen LogP contribution in [0.3, 0.4) is 0 Å². The van der Waals surface area contributed by atoms with E-state index < -0.39 is 5.54 Å². The van der Waals surface area contributed by atoms with Crippen LogP contribution in [0.2, 0.25) is 0 Å². The summed E-state index contributed by atoms with van der Waals surface area (Å²) in [7, 11) is 1.43. The molecule has 1 atom stereocenters. The van der Waals surface area contributed by atoms with Crippen LogP contribution in [0.25, 0.3) is 0 Å². The van der Waals surface area contributed by atoms with Crippen LogP contribution < -0.4 is 5.32 Å². The van der Waals surface area contributed by atoms with Crippen molar-refractivity contribution in [2.24, 2.45) is 0 Å². The second-order valence-corrected chi connectivity index (χ2v) is 6.11. The fraction of sp³-hybridized carbons (Fsp3) is 0.643. The number of nitrogens with one attached hydrogen (secondary N) is 1. The van der Waals surface area contributed by atoms with Gasteiger partial charge in [0, 0.05) is 6.04 Å². The van der Waals surface area contributed by atoms with Gasteiger partial charge in [0.1, 0.15) is 11.3 Å². The van der Waals surface area contributed by atoms with Gasteiger partial charge in [0.05, 0.1) is 19.1 Å². The molecule has 1 rings (SSSR count). The zero-order valence-corrected chi connectivity index (χ0v) is 12.9. The summed E-state index contributed by atoms with van der Waals surface area (Å²) in [5.74, 6) is 2.44. The van der Waals surface area contributed by atoms with Gasteiger partial charge in [-0.25, -0.2) is 0 Å². The molecule has 0 fully saturated rings. The van der Waals surface area contributed by atoms with Crippen LogP contribution in [-0.2, 0) is 15.3 Å². The normalized spacial score (nSPS) is 14.4. The van der Waals surface area contributed by atoms with Gasteiger partial charge in [0.15, 0.2) is 0 Å². The lowest BCUT2D eigenvalue weighted by molar-refractivity contribution is -0.148. The minimum Gasteiger partial charge on any atom is -0.468 e. The summed E-state index contributed by atoms with van der Waals surface area (Å²) in [6.07, 6.45) is 2.40. The number of carbonyl (C=O) groups excluding carboxylic acids is 1. The first-order valence-electron chi connectivity index (χ1n) is 6.44. The van der Waals surface area contributed by atoms with Gasteiger partial charge in [-0.3, -0.25) is 10.1 Å². The van der Waals surface area contributed by atoms with Crippen LogP contribution in [0.15, 0.2) is 22.8 Å². The van der Waals surface area contributed by atoms with Gasteiger partial charge in [-0.05, 0) is 45.1 Å². The molecule has 1 aromatic heterocycles. The van der Waals surface area contributed by atoms with E-state index in [1.807, 2.05) is 32.9 Å². The van der Waals surface area contributed by atoms with Gasteiger partial charge in [-0.2, -0.15) is 11.8 Å². The summed E-state index contributed by atoms with van der Waals surface area (Å²) in [5.41, 5.74) is -0.626. The van der Waals surface area contributed by atoms with E-state index >= 15 is 0 Å². The summed E-state index contributed by atoms with van der Waals surface area (Å²) in [6, 6.07) is 4.08. The molecular weight excluding hydrogens is 262 g/mol. The monoisotopic (exact) mass is 285 g/mol. The molecule has 1 heterocycles. The molecule has 5 heteroatoms. The molecule has 1 unspecified atom stereocenters. The van der Waals surface area contributed by atoms with E-state index in [-0.39, 0.29) is 12.0 Å². The average Bonchev–Trinajstić information content (AvgIpc) is 2.85. The molecule has 0 radical (unpaired) electrons. The molecule has 19 heavy (non-hydrogen) atoms. The molecule has 108 valence electrons. The third-order valence-corrected chi connectivity index (χ3v) is 3.80. The molecule has 0 aliphatic rings. The van der Waals surface area contributed by atoms with Crippen molar-refractivity contribution in [2.75, 3.05) is 12.9 Å². The van der Waals surface area contributed by atoms with E-state index in [0.717, 1.165) is 23.7 Å². The van der Waals surface area contributed by atoms with Crippen molar-refractivity contribution >= 4 is 17.7 Å². The van der Waals surface area contributed by atoms with Crippen LogP contribution in [0, 0.1) is 0 Å². The topological polar surface area (TPSA) is 51.5 Å². The van der Waals surface area contributed by atoms with Crippen LogP contribution in [0.4, 0.5) is 0 Å². The predicted octanol–water partition coefficient (Wildman–Crippen LogP) is 2.83. The maximum Gasteiger partial charge on any atom is 0.325 e. The van der Waals surface area contributed by atoms with Crippen LogP contribution in [-0.4, -0.2) is 30.4 Å². The van der Waals surface area contributed by atoms with Crippen molar-refractivity contribution in [1.82, 2.24) is 5.32 Å². The zero-order valence-electron chi connectivity index (χ0n) is 12.1. The highest BCUT2D eigenvalue weighted by Crippen LogP contribution is 2.20. The van der Waals surface area contributed by atoms with Gasteiger partial charge in [-0.1, -0.05) is 0 Å². The summed E-state index contributed by atoms with van der Waals surface area (Å²) < 4.78 is 10.2. The third-order valence-electron chi connectivity index (χ3n) is 2.81. The largest absolute Gasteiger partial charge is 0.468 e. The number of esters is 1. The van der Waals surface area contributed by atoms with Gasteiger partial charge in [0.2, 0.25) is 0 Å². The van der Waals surface area contributed by atoms with Gasteiger partial charge < -0.3 is 9.15 Å². The first kappa shape index (κ1) is 16.1. The van der Waals surface area contributed by atoms with E-state index in [4.69, 9.17) is 9.15 Å². The summed E-state index contributed by atoms with van der Waals surface area (Å²) in [6.45, 7) is 5.95. The Kier molecular flexibility index (Phi) is 6.45. The van der Waals surface area contributed by atoms with E-state index in [9.17, 15) is 4.79 Å². The number of furan rings is 1. The molecule has 0 spiro atoms. The minimum atomic E-state index is -0.626. The highest BCUT2D eigenvalue weighted by Gasteiger charge is 2.34. The molecule has 1 N–H and O–H groups in total. The Morgan fingerprint density at radius 3 is 2.84 bits per heavy atom. The van der Waals surface area contributed by atoms with Crippen molar-refractivity contribution in [2.45, 2.75) is 44.5 Å². The van der Waals surface area contributed by atoms with E-state index in [1.54, 1.807) is 18.0 Å². The Morgan fingerprint density at radius 1 is 1.58 bits per heavy atom. The van der Waals surface area contributed by atoms with E-state index in [1.165, 1.54) is 7.11 Å². The number of carbonyl (C=O) groups is 1. The smallest absolute Gasteiger partial charge is 0.325 e. The molecular formula is C14H23NO3S. The molecule has 1 aromatic rings. The Hall–Kier alpha value is -0.940. The molecule has 0 bridgehead atoms. The fourth-order valence-electron chi connectivity index (χ4n) is 1.94. The second-order valence-electron chi connectivity index (χ2n) is 5.00. The van der Waals surface area contributed by atoms with Crippen LogP contribution >= 0.6 is 11.8 Å². The zero-order chi connectivity index (χ0) is 14.3. The Balaban J connectivity index is 2.42. The van der Waals surface area contributed by atoms with Crippen LogP contribution in [0.5, 0.6) is 0 Å². The molecule has 0 aliphatic heterocycles. The number of thioether (sulfide) groups is 1. The number of hydrogen-bond acceptors (Lipinski definition) is 5. The van der Waals surface area contributed by atoms with Crippen molar-refractivity contribution in [3.05, 3.63) is 24.2 Å². The predicted molar refractivity (Wildman–Crippen MR) is 78.2 cm³/mol. The summed E-state index contributed by atoms with van der Waals surface area (Å²) >= 11 is 1.75. The average molecular weight is 285 g/mol. The summed E-state index contributed by atoms with van der Waals surface area (Å²) in [4.78, 5) is 11.9. The lowest BCUT2D eigenvalue weighted by atomic mass is 9.98. The minimum absolute atomic E-state index is 0.209. The maximum absolute atomic E-state index is 11.9. The third kappa shape index (κ3) is 5.28. The number of ether oxygens (including phenoxy) is 1. The quantitative estimate of drug-likeness (QED) is 0.588. The number of rotatable bonds is 8. The Bertz CT molecular complexity index is 378. The first-order valence-corrected chi connectivity index (χ1v) is 7.59. The first-order chi connectivity index (χ1) is 8.98. The highest BCUT2D eigenvalue weighted by molar-refractivity contribution is 7.98. The standard InChI is InChI=1S/C14H23NO3S/c1-11(2)15-14(3,13(16)17-4)7-9-19-10-12-6-5-8-18-12/h5-6,8,11,15H,7,9-10H2,1-4H3. The summed E-state index contributed by atoms with van der Waals surface area (Å²) in [5, 5.41) is 3.29. The van der Waals surface area contributed by atoms with Crippen molar-refractivity contribution in [3.8, 4) is 0 Å². The molecule has 0 amide bonds. The second kappa shape index (κ2) is 7.60.